The standard InChI is InChI=1S/C19H19BrN2O3/c1-25-15-6-4-5-13(9-15)11-21-19(24)14-10-18(23)22(12-14)17-8-3-2-7-16(17)20/h2-9,14H,10-12H2,1H3,(H,21,24). The quantitative estimate of drug-likeness (QED) is 0.835. The highest BCUT2D eigenvalue weighted by Crippen LogP contribution is 2.31. The van der Waals surface area contributed by atoms with Crippen LogP contribution >= 0.6 is 15.9 Å². The molecule has 0 spiro atoms. The van der Waals surface area contributed by atoms with E-state index in [4.69, 9.17) is 4.74 Å². The second-order valence-electron chi connectivity index (χ2n) is 5.93. The molecule has 2 aromatic carbocycles. The minimum absolute atomic E-state index is 0.0339. The molecule has 1 heterocycles. The highest BCUT2D eigenvalue weighted by atomic mass is 79.9. The van der Waals surface area contributed by atoms with Crippen molar-refractivity contribution in [3.05, 3.63) is 58.6 Å². The average Bonchev–Trinajstić information content (AvgIpc) is 3.02. The predicted octanol–water partition coefficient (Wildman–Crippen LogP) is 3.13. The van der Waals surface area contributed by atoms with E-state index in [1.54, 1.807) is 12.0 Å². The van der Waals surface area contributed by atoms with Gasteiger partial charge in [0.25, 0.3) is 0 Å². The SMILES string of the molecule is COc1cccc(CNC(=O)C2CC(=O)N(c3ccccc3Br)C2)c1. The van der Waals surface area contributed by atoms with Gasteiger partial charge < -0.3 is 15.0 Å². The first-order chi connectivity index (χ1) is 12.1. The number of para-hydroxylation sites is 1. The van der Waals surface area contributed by atoms with Crippen LogP contribution in [0.5, 0.6) is 5.75 Å². The molecule has 0 aliphatic carbocycles. The molecule has 1 fully saturated rings. The van der Waals surface area contributed by atoms with Crippen LogP contribution in [-0.4, -0.2) is 25.5 Å². The van der Waals surface area contributed by atoms with Gasteiger partial charge >= 0.3 is 0 Å². The number of nitrogens with zero attached hydrogens (tertiary/aromatic N) is 1. The van der Waals surface area contributed by atoms with Crippen LogP contribution in [0, 0.1) is 5.92 Å². The first kappa shape index (κ1) is 17.5. The van der Waals surface area contributed by atoms with Crippen molar-refractivity contribution in [1.29, 1.82) is 0 Å². The summed E-state index contributed by atoms with van der Waals surface area (Å²) in [6.45, 7) is 0.807. The Balaban J connectivity index is 1.62. The molecule has 0 radical (unpaired) electrons. The maximum Gasteiger partial charge on any atom is 0.227 e. The minimum atomic E-state index is -0.342. The average molecular weight is 403 g/mol. The molecule has 0 bridgehead atoms. The molecular weight excluding hydrogens is 384 g/mol. The number of hydrogen-bond acceptors (Lipinski definition) is 3. The molecule has 5 nitrogen and oxygen atoms in total. The van der Waals surface area contributed by atoms with Gasteiger partial charge in [-0.2, -0.15) is 0 Å². The molecule has 1 aliphatic rings. The van der Waals surface area contributed by atoms with Gasteiger partial charge in [-0.1, -0.05) is 24.3 Å². The van der Waals surface area contributed by atoms with E-state index in [1.807, 2.05) is 48.5 Å². The lowest BCUT2D eigenvalue weighted by Crippen LogP contribution is -2.32. The van der Waals surface area contributed by atoms with Crippen LogP contribution in [0.4, 0.5) is 5.69 Å². The maximum atomic E-state index is 12.4. The van der Waals surface area contributed by atoms with Crippen molar-refractivity contribution in [2.45, 2.75) is 13.0 Å². The summed E-state index contributed by atoms with van der Waals surface area (Å²) in [7, 11) is 1.61. The Bertz CT molecular complexity index is 794. The van der Waals surface area contributed by atoms with Gasteiger partial charge in [-0.15, -0.1) is 0 Å². The number of carbonyl (C=O) groups is 2. The van der Waals surface area contributed by atoms with Crippen LogP contribution < -0.4 is 15.0 Å². The highest BCUT2D eigenvalue weighted by Gasteiger charge is 2.35. The lowest BCUT2D eigenvalue weighted by Gasteiger charge is -2.18. The molecular formula is C19H19BrN2O3. The number of benzene rings is 2. The summed E-state index contributed by atoms with van der Waals surface area (Å²) < 4.78 is 6.03. The molecule has 1 unspecified atom stereocenters. The van der Waals surface area contributed by atoms with Gasteiger partial charge in [-0.25, -0.2) is 0 Å². The Hall–Kier alpha value is -2.34. The van der Waals surface area contributed by atoms with E-state index in [2.05, 4.69) is 21.2 Å². The molecule has 1 atom stereocenters. The van der Waals surface area contributed by atoms with Crippen LogP contribution in [-0.2, 0) is 16.1 Å². The predicted molar refractivity (Wildman–Crippen MR) is 99.4 cm³/mol. The van der Waals surface area contributed by atoms with Gasteiger partial charge in [0.1, 0.15) is 5.75 Å². The number of carbonyl (C=O) groups excluding carboxylic acids is 2. The second-order valence-corrected chi connectivity index (χ2v) is 6.78. The van der Waals surface area contributed by atoms with Crippen LogP contribution in [0.15, 0.2) is 53.0 Å². The number of halogens is 1. The lowest BCUT2D eigenvalue weighted by atomic mass is 10.1. The van der Waals surface area contributed by atoms with Crippen molar-refractivity contribution in [3.63, 3.8) is 0 Å². The van der Waals surface area contributed by atoms with Gasteiger partial charge in [-0.05, 0) is 45.8 Å². The molecule has 25 heavy (non-hydrogen) atoms. The third-order valence-electron chi connectivity index (χ3n) is 4.24. The number of amides is 2. The van der Waals surface area contributed by atoms with E-state index in [1.165, 1.54) is 0 Å². The molecule has 0 aromatic heterocycles. The number of methoxy groups -OCH3 is 1. The number of nitrogens with one attached hydrogen (secondary N) is 1. The van der Waals surface area contributed by atoms with Crippen molar-refractivity contribution in [3.8, 4) is 5.75 Å². The van der Waals surface area contributed by atoms with Crippen LogP contribution in [0.1, 0.15) is 12.0 Å². The van der Waals surface area contributed by atoms with Crippen LogP contribution in [0.2, 0.25) is 0 Å². The van der Waals surface area contributed by atoms with Crippen LogP contribution in [0.3, 0.4) is 0 Å². The van der Waals surface area contributed by atoms with Gasteiger partial charge in [0, 0.05) is 24.0 Å². The summed E-state index contributed by atoms with van der Waals surface area (Å²) in [5.41, 5.74) is 1.76. The second kappa shape index (κ2) is 7.70. The molecule has 1 saturated heterocycles. The first-order valence-corrected chi connectivity index (χ1v) is 8.83. The monoisotopic (exact) mass is 402 g/mol. The topological polar surface area (TPSA) is 58.6 Å². The van der Waals surface area contributed by atoms with Gasteiger partial charge in [0.2, 0.25) is 11.8 Å². The minimum Gasteiger partial charge on any atom is -0.497 e. The molecule has 3 rings (SSSR count). The normalized spacial score (nSPS) is 16.8. The Morgan fingerprint density at radius 2 is 2.08 bits per heavy atom. The molecule has 1 aliphatic heterocycles. The number of rotatable bonds is 5. The Morgan fingerprint density at radius 3 is 2.84 bits per heavy atom. The van der Waals surface area contributed by atoms with Gasteiger partial charge in [0.15, 0.2) is 0 Å². The summed E-state index contributed by atoms with van der Waals surface area (Å²) in [6.07, 6.45) is 0.227. The van der Waals surface area contributed by atoms with Crippen molar-refractivity contribution in [2.75, 3.05) is 18.6 Å². The van der Waals surface area contributed by atoms with Crippen molar-refractivity contribution < 1.29 is 14.3 Å². The van der Waals surface area contributed by atoms with E-state index >= 15 is 0 Å². The fourth-order valence-electron chi connectivity index (χ4n) is 2.90. The summed E-state index contributed by atoms with van der Waals surface area (Å²) in [6, 6.07) is 15.1. The van der Waals surface area contributed by atoms with E-state index in [0.717, 1.165) is 21.5 Å². The molecule has 0 saturated carbocycles. The Morgan fingerprint density at radius 1 is 1.28 bits per heavy atom. The summed E-state index contributed by atoms with van der Waals surface area (Å²) >= 11 is 3.46. The zero-order valence-electron chi connectivity index (χ0n) is 13.9. The fourth-order valence-corrected chi connectivity index (χ4v) is 3.40. The van der Waals surface area contributed by atoms with E-state index in [9.17, 15) is 9.59 Å². The van der Waals surface area contributed by atoms with Crippen molar-refractivity contribution >= 4 is 33.4 Å². The molecule has 1 N–H and O–H groups in total. The third-order valence-corrected chi connectivity index (χ3v) is 4.91. The number of hydrogen-bond donors (Lipinski definition) is 1. The number of anilines is 1. The van der Waals surface area contributed by atoms with E-state index < -0.39 is 0 Å². The fraction of sp³-hybridized carbons (Fsp3) is 0.263. The van der Waals surface area contributed by atoms with Gasteiger partial charge in [0.05, 0.1) is 18.7 Å². The highest BCUT2D eigenvalue weighted by molar-refractivity contribution is 9.10. The zero-order valence-corrected chi connectivity index (χ0v) is 15.5. The maximum absolute atomic E-state index is 12.4. The molecule has 130 valence electrons. The van der Waals surface area contributed by atoms with Crippen LogP contribution in [0.25, 0.3) is 0 Å². The summed E-state index contributed by atoms with van der Waals surface area (Å²) in [5, 5.41) is 2.91. The van der Waals surface area contributed by atoms with Crippen molar-refractivity contribution in [1.82, 2.24) is 5.32 Å². The molecule has 2 aromatic rings. The summed E-state index contributed by atoms with van der Waals surface area (Å²) in [5.74, 6) is 0.271. The Labute approximate surface area is 155 Å². The molecule has 6 heteroatoms. The first-order valence-electron chi connectivity index (χ1n) is 8.04. The number of ether oxygens (including phenoxy) is 1. The van der Waals surface area contributed by atoms with Crippen molar-refractivity contribution in [2.24, 2.45) is 5.92 Å². The largest absolute Gasteiger partial charge is 0.497 e. The van der Waals surface area contributed by atoms with Gasteiger partial charge in [-0.3, -0.25) is 9.59 Å². The van der Waals surface area contributed by atoms with E-state index in [-0.39, 0.29) is 24.2 Å². The van der Waals surface area contributed by atoms with E-state index in [0.29, 0.717) is 13.1 Å². The Kier molecular flexibility index (Phi) is 5.38. The summed E-state index contributed by atoms with van der Waals surface area (Å²) in [4.78, 5) is 26.4. The smallest absolute Gasteiger partial charge is 0.227 e. The molecule has 2 amide bonds. The third kappa shape index (κ3) is 4.02. The lowest BCUT2D eigenvalue weighted by molar-refractivity contribution is -0.126. The zero-order chi connectivity index (χ0) is 17.8.